The van der Waals surface area contributed by atoms with Crippen LogP contribution in [-0.4, -0.2) is 41.7 Å². The number of ether oxygens (including phenoxy) is 1. The van der Waals surface area contributed by atoms with E-state index in [0.717, 1.165) is 12.0 Å². The molecule has 0 aromatic heterocycles. The van der Waals surface area contributed by atoms with Crippen LogP contribution < -0.4 is 10.5 Å². The lowest BCUT2D eigenvalue weighted by Crippen LogP contribution is -2.42. The van der Waals surface area contributed by atoms with Crippen molar-refractivity contribution < 1.29 is 19.0 Å². The van der Waals surface area contributed by atoms with Crippen molar-refractivity contribution in [3.05, 3.63) is 59.4 Å². The Kier molecular flexibility index (Phi) is 7.59. The fraction of sp³-hybridized carbons (Fsp3) is 0.350. The van der Waals surface area contributed by atoms with Crippen molar-refractivity contribution in [1.29, 1.82) is 0 Å². The second kappa shape index (κ2) is 9.69. The molecule has 1 atom stereocenters. The molecule has 1 unspecified atom stereocenters. The number of aliphatic hydroxyl groups is 1. The van der Waals surface area contributed by atoms with E-state index >= 15 is 0 Å². The highest BCUT2D eigenvalue weighted by Crippen LogP contribution is 2.25. The van der Waals surface area contributed by atoms with Gasteiger partial charge in [0.05, 0.1) is 11.7 Å². The van der Waals surface area contributed by atoms with Crippen LogP contribution in [0.3, 0.4) is 0 Å². The average Bonchev–Trinajstić information content (AvgIpc) is 2.64. The Morgan fingerprint density at radius 1 is 1.22 bits per heavy atom. The molecule has 0 bridgehead atoms. The summed E-state index contributed by atoms with van der Waals surface area (Å²) >= 11 is 0. The lowest BCUT2D eigenvalue weighted by Gasteiger charge is -2.30. The summed E-state index contributed by atoms with van der Waals surface area (Å²) in [6, 6.07) is 11.6. The predicted molar refractivity (Wildman–Crippen MR) is 104 cm³/mol. The van der Waals surface area contributed by atoms with Crippen LogP contribution in [0.4, 0.5) is 4.39 Å². The van der Waals surface area contributed by atoms with Gasteiger partial charge in [0, 0.05) is 13.1 Å². The van der Waals surface area contributed by atoms with Gasteiger partial charge in [0.25, 0.3) is 5.91 Å². The van der Waals surface area contributed by atoms with E-state index in [9.17, 15) is 14.3 Å². The number of carbonyl (C=O) groups is 1. The SMILES string of the molecule is Cl.NCCc1ccc(Oc2ccc(F)c(C(=O)N3CCCC(O)C3)c2)cc1. The van der Waals surface area contributed by atoms with E-state index in [1.807, 2.05) is 24.3 Å². The third-order valence-electron chi connectivity index (χ3n) is 4.44. The molecule has 2 aromatic rings. The maximum atomic E-state index is 14.2. The highest BCUT2D eigenvalue weighted by Gasteiger charge is 2.25. The van der Waals surface area contributed by atoms with E-state index < -0.39 is 17.8 Å². The summed E-state index contributed by atoms with van der Waals surface area (Å²) in [4.78, 5) is 14.1. The Bertz CT molecular complexity index is 770. The Morgan fingerprint density at radius 2 is 1.93 bits per heavy atom. The van der Waals surface area contributed by atoms with Crippen molar-refractivity contribution >= 4 is 18.3 Å². The van der Waals surface area contributed by atoms with Crippen LogP contribution in [0.25, 0.3) is 0 Å². The molecule has 3 N–H and O–H groups in total. The van der Waals surface area contributed by atoms with Gasteiger partial charge in [0.2, 0.25) is 0 Å². The Morgan fingerprint density at radius 3 is 2.59 bits per heavy atom. The van der Waals surface area contributed by atoms with Gasteiger partial charge in [-0.3, -0.25) is 4.79 Å². The molecule has 27 heavy (non-hydrogen) atoms. The number of β-amino-alcohol motifs (C(OH)–C–C–N with tert-alkyl or cyclic N) is 1. The van der Waals surface area contributed by atoms with Crippen molar-refractivity contribution in [2.45, 2.75) is 25.4 Å². The van der Waals surface area contributed by atoms with Gasteiger partial charge in [0.15, 0.2) is 0 Å². The number of hydrogen-bond donors (Lipinski definition) is 2. The number of carbonyl (C=O) groups excluding carboxylic acids is 1. The molecule has 3 rings (SSSR count). The summed E-state index contributed by atoms with van der Waals surface area (Å²) in [7, 11) is 0. The van der Waals surface area contributed by atoms with Gasteiger partial charge in [-0.05, 0) is 61.7 Å². The zero-order valence-corrected chi connectivity index (χ0v) is 15.8. The van der Waals surface area contributed by atoms with Gasteiger partial charge >= 0.3 is 0 Å². The summed E-state index contributed by atoms with van der Waals surface area (Å²) in [5, 5.41) is 9.73. The maximum Gasteiger partial charge on any atom is 0.257 e. The van der Waals surface area contributed by atoms with Crippen LogP contribution >= 0.6 is 12.4 Å². The molecule has 1 amide bonds. The van der Waals surface area contributed by atoms with Crippen molar-refractivity contribution in [3.8, 4) is 11.5 Å². The fourth-order valence-corrected chi connectivity index (χ4v) is 3.07. The standard InChI is InChI=1S/C20H23FN2O3.ClH/c21-19-8-7-17(26-16-5-3-14(4-6-16)9-10-22)12-18(19)20(25)23-11-1-2-15(24)13-23;/h3-8,12,15,24H,1-2,9-11,13,22H2;1H. The number of rotatable bonds is 5. The van der Waals surface area contributed by atoms with E-state index in [4.69, 9.17) is 10.5 Å². The van der Waals surface area contributed by atoms with Crippen molar-refractivity contribution in [1.82, 2.24) is 4.90 Å². The van der Waals surface area contributed by atoms with Gasteiger partial charge in [-0.2, -0.15) is 0 Å². The zero-order chi connectivity index (χ0) is 18.5. The average molecular weight is 395 g/mol. The molecular formula is C20H24ClFN2O3. The van der Waals surface area contributed by atoms with E-state index in [-0.39, 0.29) is 24.5 Å². The number of benzene rings is 2. The zero-order valence-electron chi connectivity index (χ0n) is 14.9. The molecule has 1 heterocycles. The number of likely N-dealkylation sites (tertiary alicyclic amines) is 1. The summed E-state index contributed by atoms with van der Waals surface area (Å²) in [5.41, 5.74) is 6.60. The van der Waals surface area contributed by atoms with E-state index in [1.165, 1.54) is 23.1 Å². The first kappa shape index (κ1) is 21.2. The number of amides is 1. The molecule has 1 fully saturated rings. The minimum Gasteiger partial charge on any atom is -0.457 e. The number of piperidine rings is 1. The van der Waals surface area contributed by atoms with Crippen LogP contribution in [0.5, 0.6) is 11.5 Å². The Hall–Kier alpha value is -2.15. The molecule has 0 spiro atoms. The summed E-state index contributed by atoms with van der Waals surface area (Å²) in [6.07, 6.45) is 1.61. The monoisotopic (exact) mass is 394 g/mol. The molecule has 0 saturated carbocycles. The predicted octanol–water partition coefficient (Wildman–Crippen LogP) is 3.14. The fourth-order valence-electron chi connectivity index (χ4n) is 3.07. The quantitative estimate of drug-likeness (QED) is 0.816. The number of nitrogens with two attached hydrogens (primary N) is 1. The topological polar surface area (TPSA) is 75.8 Å². The van der Waals surface area contributed by atoms with Gasteiger partial charge in [-0.15, -0.1) is 12.4 Å². The van der Waals surface area contributed by atoms with Crippen LogP contribution in [0.1, 0.15) is 28.8 Å². The first-order valence-electron chi connectivity index (χ1n) is 8.80. The minimum absolute atomic E-state index is 0. The van der Waals surface area contributed by atoms with Gasteiger partial charge in [0.1, 0.15) is 17.3 Å². The molecule has 0 radical (unpaired) electrons. The second-order valence-electron chi connectivity index (χ2n) is 6.47. The largest absolute Gasteiger partial charge is 0.457 e. The molecule has 7 heteroatoms. The number of nitrogens with zero attached hydrogens (tertiary/aromatic N) is 1. The van der Waals surface area contributed by atoms with Crippen LogP contribution in [0.2, 0.25) is 0 Å². The van der Waals surface area contributed by atoms with E-state index in [2.05, 4.69) is 0 Å². The molecule has 1 saturated heterocycles. The smallest absolute Gasteiger partial charge is 0.257 e. The summed E-state index contributed by atoms with van der Waals surface area (Å²) < 4.78 is 19.9. The molecule has 1 aliphatic rings. The first-order valence-corrected chi connectivity index (χ1v) is 8.80. The van der Waals surface area contributed by atoms with Gasteiger partial charge in [-0.25, -0.2) is 4.39 Å². The molecule has 5 nitrogen and oxygen atoms in total. The normalized spacial score (nSPS) is 16.6. The van der Waals surface area contributed by atoms with Crippen LogP contribution in [0, 0.1) is 5.82 Å². The van der Waals surface area contributed by atoms with Gasteiger partial charge in [-0.1, -0.05) is 12.1 Å². The number of halogens is 2. The molecule has 1 aliphatic heterocycles. The maximum absolute atomic E-state index is 14.2. The van der Waals surface area contributed by atoms with Crippen LogP contribution in [0.15, 0.2) is 42.5 Å². The third kappa shape index (κ3) is 5.42. The summed E-state index contributed by atoms with van der Waals surface area (Å²) in [5.74, 6) is -0.0336. The first-order chi connectivity index (χ1) is 12.6. The number of hydrogen-bond acceptors (Lipinski definition) is 4. The van der Waals surface area contributed by atoms with Crippen molar-refractivity contribution in [3.63, 3.8) is 0 Å². The van der Waals surface area contributed by atoms with E-state index in [0.29, 0.717) is 37.4 Å². The third-order valence-corrected chi connectivity index (χ3v) is 4.44. The van der Waals surface area contributed by atoms with Gasteiger partial charge < -0.3 is 20.5 Å². The molecular weight excluding hydrogens is 371 g/mol. The van der Waals surface area contributed by atoms with Crippen LogP contribution in [-0.2, 0) is 6.42 Å². The number of aliphatic hydroxyl groups excluding tert-OH is 1. The highest BCUT2D eigenvalue weighted by atomic mass is 35.5. The lowest BCUT2D eigenvalue weighted by molar-refractivity contribution is 0.0469. The van der Waals surface area contributed by atoms with Crippen molar-refractivity contribution in [2.24, 2.45) is 5.73 Å². The molecule has 2 aromatic carbocycles. The Labute approximate surface area is 164 Å². The van der Waals surface area contributed by atoms with Crippen molar-refractivity contribution in [2.75, 3.05) is 19.6 Å². The highest BCUT2D eigenvalue weighted by molar-refractivity contribution is 5.95. The Balaban J connectivity index is 0.00000261. The minimum atomic E-state index is -0.597. The second-order valence-corrected chi connectivity index (χ2v) is 6.47. The summed E-state index contributed by atoms with van der Waals surface area (Å²) in [6.45, 7) is 1.32. The van der Waals surface area contributed by atoms with E-state index in [1.54, 1.807) is 0 Å². The lowest BCUT2D eigenvalue weighted by atomic mass is 10.1. The molecule has 0 aliphatic carbocycles. The molecule has 146 valence electrons.